The Bertz CT molecular complexity index is 360. The van der Waals surface area contributed by atoms with E-state index >= 15 is 0 Å². The van der Waals surface area contributed by atoms with Crippen molar-refractivity contribution in [3.8, 4) is 0 Å². The van der Waals surface area contributed by atoms with Gasteiger partial charge in [-0.1, -0.05) is 11.6 Å². The lowest BCUT2D eigenvalue weighted by molar-refractivity contribution is -0.121. The molecule has 0 saturated carbocycles. The van der Waals surface area contributed by atoms with Gasteiger partial charge in [-0.3, -0.25) is 4.79 Å². The Morgan fingerprint density at radius 3 is 2.67 bits per heavy atom. The third-order valence-corrected chi connectivity index (χ3v) is 2.16. The van der Waals surface area contributed by atoms with Crippen LogP contribution >= 0.6 is 11.6 Å². The molecule has 82 valence electrons. The highest BCUT2D eigenvalue weighted by molar-refractivity contribution is 6.43. The van der Waals surface area contributed by atoms with Crippen molar-refractivity contribution in [2.75, 3.05) is 14.1 Å². The number of nitrogens with zero attached hydrogens (tertiary/aromatic N) is 1. The van der Waals surface area contributed by atoms with Gasteiger partial charge in [-0.05, 0) is 12.2 Å². The number of aliphatic hydroxyl groups is 1. The molecule has 0 spiro atoms. The average molecular weight is 231 g/mol. The van der Waals surface area contributed by atoms with Crippen LogP contribution in [0.15, 0.2) is 22.9 Å². The van der Waals surface area contributed by atoms with Gasteiger partial charge in [0.05, 0.1) is 10.7 Å². The maximum absolute atomic E-state index is 11.2. The van der Waals surface area contributed by atoms with Crippen molar-refractivity contribution in [1.29, 1.82) is 0 Å². The van der Waals surface area contributed by atoms with Crippen LogP contribution in [-0.2, 0) is 4.79 Å². The van der Waals surface area contributed by atoms with E-state index in [4.69, 9.17) is 11.6 Å². The zero-order chi connectivity index (χ0) is 11.6. The van der Waals surface area contributed by atoms with Crippen LogP contribution in [0.2, 0.25) is 0 Å². The first-order valence-electron chi connectivity index (χ1n) is 4.21. The van der Waals surface area contributed by atoms with Gasteiger partial charge in [-0.2, -0.15) is 0 Å². The van der Waals surface area contributed by atoms with E-state index in [-0.39, 0.29) is 10.7 Å². The van der Waals surface area contributed by atoms with E-state index in [1.54, 1.807) is 14.1 Å². The Morgan fingerprint density at radius 2 is 2.13 bits per heavy atom. The predicted octanol–water partition coefficient (Wildman–Crippen LogP) is 0.208. The second kappa shape index (κ2) is 4.46. The van der Waals surface area contributed by atoms with Crippen LogP contribution in [0.1, 0.15) is 0 Å². The van der Waals surface area contributed by atoms with Crippen LogP contribution in [0.3, 0.4) is 0 Å². The monoisotopic (exact) mass is 230 g/mol. The van der Waals surface area contributed by atoms with Gasteiger partial charge in [0, 0.05) is 14.1 Å². The van der Waals surface area contributed by atoms with Crippen LogP contribution in [-0.4, -0.2) is 42.0 Å². The van der Waals surface area contributed by atoms with Crippen molar-refractivity contribution >= 4 is 23.4 Å². The molecule has 0 aromatic rings. The highest BCUT2D eigenvalue weighted by Gasteiger charge is 2.26. The summed E-state index contributed by atoms with van der Waals surface area (Å²) in [6.45, 7) is 0. The molecule has 0 radical (unpaired) electrons. The fourth-order valence-electron chi connectivity index (χ4n) is 0.953. The van der Waals surface area contributed by atoms with Gasteiger partial charge in [0.2, 0.25) is 5.78 Å². The molecule has 5 nitrogen and oxygen atoms in total. The molecule has 0 heterocycles. The van der Waals surface area contributed by atoms with E-state index in [0.717, 1.165) is 0 Å². The van der Waals surface area contributed by atoms with E-state index in [1.165, 1.54) is 17.1 Å². The average Bonchev–Trinajstić information content (AvgIpc) is 2.18. The molecule has 1 unspecified atom stereocenters. The first-order valence-corrected chi connectivity index (χ1v) is 4.59. The summed E-state index contributed by atoms with van der Waals surface area (Å²) < 4.78 is 0. The Labute approximate surface area is 92.0 Å². The highest BCUT2D eigenvalue weighted by Crippen LogP contribution is 2.16. The molecule has 1 atom stereocenters. The molecular weight excluding hydrogens is 220 g/mol. The fourth-order valence-corrected chi connectivity index (χ4v) is 1.12. The summed E-state index contributed by atoms with van der Waals surface area (Å²) >= 11 is 5.51. The molecule has 6 heteroatoms. The summed E-state index contributed by atoms with van der Waals surface area (Å²) in [6.07, 6.45) is 1.34. The van der Waals surface area contributed by atoms with Gasteiger partial charge in [0.15, 0.2) is 6.10 Å². The fraction of sp³-hybridized carbons (Fsp3) is 0.333. The van der Waals surface area contributed by atoms with E-state index in [1.807, 2.05) is 0 Å². The zero-order valence-electron chi connectivity index (χ0n) is 8.32. The minimum absolute atomic E-state index is 0.0506. The van der Waals surface area contributed by atoms with Crippen molar-refractivity contribution in [3.05, 3.63) is 22.9 Å². The van der Waals surface area contributed by atoms with Gasteiger partial charge >= 0.3 is 6.03 Å². The number of aliphatic hydroxyl groups excluding tert-OH is 1. The van der Waals surface area contributed by atoms with E-state index in [0.29, 0.717) is 0 Å². The van der Waals surface area contributed by atoms with E-state index in [9.17, 15) is 14.7 Å². The summed E-state index contributed by atoms with van der Waals surface area (Å²) in [5.41, 5.74) is 0.128. The summed E-state index contributed by atoms with van der Waals surface area (Å²) in [5, 5.41) is 11.8. The summed E-state index contributed by atoms with van der Waals surface area (Å²) in [4.78, 5) is 23.8. The van der Waals surface area contributed by atoms with E-state index in [2.05, 4.69) is 5.32 Å². The largest absolute Gasteiger partial charge is 0.379 e. The minimum atomic E-state index is -1.40. The van der Waals surface area contributed by atoms with E-state index < -0.39 is 17.9 Å². The maximum Gasteiger partial charge on any atom is 0.321 e. The molecule has 0 aromatic carbocycles. The quantitative estimate of drug-likeness (QED) is 0.677. The normalized spacial score (nSPS) is 20.5. The molecule has 2 N–H and O–H groups in total. The topological polar surface area (TPSA) is 69.6 Å². The molecule has 0 saturated heterocycles. The van der Waals surface area contributed by atoms with Gasteiger partial charge in [0.1, 0.15) is 0 Å². The summed E-state index contributed by atoms with van der Waals surface area (Å²) in [6, 6.07) is -0.417. The molecule has 15 heavy (non-hydrogen) atoms. The number of allylic oxidation sites excluding steroid dienone is 2. The smallest absolute Gasteiger partial charge is 0.321 e. The lowest BCUT2D eigenvalue weighted by atomic mass is 10.1. The number of amides is 2. The maximum atomic E-state index is 11.2. The van der Waals surface area contributed by atoms with Crippen molar-refractivity contribution in [2.45, 2.75) is 6.10 Å². The third kappa shape index (κ3) is 2.57. The van der Waals surface area contributed by atoms with Crippen molar-refractivity contribution in [3.63, 3.8) is 0 Å². The first-order chi connectivity index (χ1) is 6.93. The first kappa shape index (κ1) is 11.7. The van der Waals surface area contributed by atoms with Gasteiger partial charge in [-0.25, -0.2) is 4.79 Å². The Hall–Kier alpha value is -1.33. The van der Waals surface area contributed by atoms with Crippen LogP contribution in [0.5, 0.6) is 0 Å². The van der Waals surface area contributed by atoms with Crippen molar-refractivity contribution in [1.82, 2.24) is 10.2 Å². The van der Waals surface area contributed by atoms with Crippen LogP contribution < -0.4 is 5.32 Å². The van der Waals surface area contributed by atoms with Gasteiger partial charge < -0.3 is 15.3 Å². The number of urea groups is 1. The Balaban J connectivity index is 2.80. The number of halogens is 1. The molecule has 2 amide bonds. The molecule has 1 rings (SSSR count). The second-order valence-electron chi connectivity index (χ2n) is 3.23. The lowest BCUT2D eigenvalue weighted by Gasteiger charge is -2.19. The van der Waals surface area contributed by atoms with Crippen LogP contribution in [0, 0.1) is 0 Å². The van der Waals surface area contributed by atoms with Crippen LogP contribution in [0.25, 0.3) is 0 Å². The molecule has 0 fully saturated rings. The number of rotatable bonds is 1. The Morgan fingerprint density at radius 1 is 1.53 bits per heavy atom. The number of carbonyl (C=O) groups excluding carboxylic acids is 2. The van der Waals surface area contributed by atoms with Crippen molar-refractivity contribution in [2.24, 2.45) is 0 Å². The zero-order valence-corrected chi connectivity index (χ0v) is 9.08. The molecule has 0 aromatic heterocycles. The molecule has 0 aliphatic heterocycles. The lowest BCUT2D eigenvalue weighted by Crippen LogP contribution is -2.40. The highest BCUT2D eigenvalue weighted by atomic mass is 35.5. The number of ketones is 1. The van der Waals surface area contributed by atoms with Crippen LogP contribution in [0.4, 0.5) is 4.79 Å². The van der Waals surface area contributed by atoms with Gasteiger partial charge in [-0.15, -0.1) is 0 Å². The number of nitrogens with one attached hydrogen (secondary N) is 1. The molecular formula is C9H11ClN2O3. The Kier molecular flexibility index (Phi) is 3.49. The van der Waals surface area contributed by atoms with Crippen molar-refractivity contribution < 1.29 is 14.7 Å². The minimum Gasteiger partial charge on any atom is -0.379 e. The molecule has 1 aliphatic rings. The molecule has 1 aliphatic carbocycles. The summed E-state index contributed by atoms with van der Waals surface area (Å²) in [7, 11) is 3.10. The molecule has 0 bridgehead atoms. The number of hydrogen-bond donors (Lipinski definition) is 2. The standard InChI is InChI=1S/C9H11ClN2O3/c1-12(2)9(15)11-6-4-3-5(10)7(13)8(6)14/h3-4,8,14H,1-2H3,(H,11,15). The van der Waals surface area contributed by atoms with Gasteiger partial charge in [0.25, 0.3) is 0 Å². The predicted molar refractivity (Wildman–Crippen MR) is 55.3 cm³/mol. The summed E-state index contributed by atoms with van der Waals surface area (Å²) in [5.74, 6) is -0.617. The number of Topliss-reactive ketones (excluding diaryl/α,β-unsaturated/α-hetero) is 1. The number of hydrogen-bond acceptors (Lipinski definition) is 3. The number of carbonyl (C=O) groups is 2. The SMILES string of the molecule is CN(C)C(=O)NC1=CC=C(Cl)C(=O)C1O. The third-order valence-electron chi connectivity index (χ3n) is 1.84. The second-order valence-corrected chi connectivity index (χ2v) is 3.64.